The fraction of sp³-hybridized carbons (Fsp3) is 0.438. The molecule has 0 spiro atoms. The highest BCUT2D eigenvalue weighted by atomic mass is 16.5. The van der Waals surface area contributed by atoms with Crippen molar-refractivity contribution in [3.8, 4) is 17.2 Å². The summed E-state index contributed by atoms with van der Waals surface area (Å²) in [7, 11) is 1.53. The molecule has 232 valence electrons. The number of hydrogen-bond acceptors (Lipinski definition) is 8. The third kappa shape index (κ3) is 6.96. The summed E-state index contributed by atoms with van der Waals surface area (Å²) in [6, 6.07) is 12.5. The summed E-state index contributed by atoms with van der Waals surface area (Å²) in [6.07, 6.45) is 3.60. The number of benzene rings is 2. The van der Waals surface area contributed by atoms with Gasteiger partial charge in [0.15, 0.2) is 18.1 Å². The van der Waals surface area contributed by atoms with E-state index in [4.69, 9.17) is 14.2 Å². The number of likely N-dealkylation sites (tertiary alicyclic amines) is 1. The summed E-state index contributed by atoms with van der Waals surface area (Å²) in [5, 5.41) is 9.37. The summed E-state index contributed by atoms with van der Waals surface area (Å²) in [5.74, 6) is 1.89. The molecule has 1 saturated heterocycles. The number of nitrogens with one attached hydrogen (secondary N) is 3. The number of methoxy groups -OCH3 is 1. The third-order valence-electron chi connectivity index (χ3n) is 8.24. The van der Waals surface area contributed by atoms with Gasteiger partial charge in [-0.15, -0.1) is 0 Å². The van der Waals surface area contributed by atoms with Crippen molar-refractivity contribution in [1.29, 1.82) is 0 Å². The minimum atomic E-state index is -0.484. The molecular weight excluding hydrogens is 564 g/mol. The van der Waals surface area contributed by atoms with Gasteiger partial charge in [0.2, 0.25) is 5.91 Å². The minimum absolute atomic E-state index is 0.0527. The highest BCUT2D eigenvalue weighted by Gasteiger charge is 2.35. The second-order valence-corrected chi connectivity index (χ2v) is 11.3. The maximum Gasteiger partial charge on any atom is 0.274 e. The zero-order valence-electron chi connectivity index (χ0n) is 24.8. The van der Waals surface area contributed by atoms with Crippen LogP contribution in [0.15, 0.2) is 48.7 Å². The normalized spacial score (nSPS) is 21.1. The number of ether oxygens (including phenoxy) is 3. The molecule has 2 atom stereocenters. The number of hydrogen-bond donors (Lipinski definition) is 3. The van der Waals surface area contributed by atoms with Gasteiger partial charge in [0.05, 0.1) is 13.2 Å². The molecule has 7 heterocycles. The summed E-state index contributed by atoms with van der Waals surface area (Å²) in [5.41, 5.74) is 2.29. The largest absolute Gasteiger partial charge is 0.493 e. The zero-order chi connectivity index (χ0) is 30.5. The van der Waals surface area contributed by atoms with E-state index in [2.05, 4.69) is 20.9 Å². The maximum absolute atomic E-state index is 13.6. The predicted octanol–water partition coefficient (Wildman–Crippen LogP) is 1.46. The van der Waals surface area contributed by atoms with E-state index in [9.17, 15) is 14.4 Å². The molecule has 6 aliphatic rings. The van der Waals surface area contributed by atoms with Gasteiger partial charge in [-0.1, -0.05) is 18.2 Å². The van der Waals surface area contributed by atoms with Crippen LogP contribution in [0.2, 0.25) is 0 Å². The summed E-state index contributed by atoms with van der Waals surface area (Å²) >= 11 is 0. The standard InChI is InChI=1S/C32H38N6O6/c1-42-28-16-21-4-8-27(28)43-20-31(40)36-24-18-38(32(41)25-19-37-15-13-33-12-10-29(37)35-25)14-11-26(24)44-23-6-2-22(3-7-23)17-34-30(39)9-5-21/h2-4,6-8,16,19,24,26,33H,5,9-15,17-18,20H2,1H3,(H,34,39)(H,36,40)/t24-,26-/m1/s1. The van der Waals surface area contributed by atoms with Crippen molar-refractivity contribution in [1.82, 2.24) is 30.4 Å². The van der Waals surface area contributed by atoms with Gasteiger partial charge in [0.25, 0.3) is 11.8 Å². The number of nitrogens with zero attached hydrogens (tertiary/aromatic N) is 3. The molecule has 3 amide bonds. The second kappa shape index (κ2) is 13.4. The van der Waals surface area contributed by atoms with Crippen molar-refractivity contribution in [2.75, 3.05) is 39.9 Å². The van der Waals surface area contributed by atoms with Gasteiger partial charge in [0.1, 0.15) is 23.4 Å². The molecule has 2 aromatic carbocycles. The Morgan fingerprint density at radius 2 is 1.84 bits per heavy atom. The summed E-state index contributed by atoms with van der Waals surface area (Å²) < 4.78 is 19.7. The van der Waals surface area contributed by atoms with Crippen LogP contribution < -0.4 is 30.2 Å². The van der Waals surface area contributed by atoms with Gasteiger partial charge >= 0.3 is 0 Å². The zero-order valence-corrected chi connectivity index (χ0v) is 24.8. The van der Waals surface area contributed by atoms with Crippen LogP contribution in [0.4, 0.5) is 0 Å². The van der Waals surface area contributed by atoms with Crippen molar-refractivity contribution in [3.63, 3.8) is 0 Å². The van der Waals surface area contributed by atoms with Crippen LogP contribution >= 0.6 is 0 Å². The summed E-state index contributed by atoms with van der Waals surface area (Å²) in [4.78, 5) is 45.6. The van der Waals surface area contributed by atoms with Crippen LogP contribution in [0.3, 0.4) is 0 Å². The minimum Gasteiger partial charge on any atom is -0.493 e. The van der Waals surface area contributed by atoms with Crippen LogP contribution in [0, 0.1) is 0 Å². The molecule has 0 saturated carbocycles. The molecule has 1 fully saturated rings. The van der Waals surface area contributed by atoms with Crippen molar-refractivity contribution < 1.29 is 28.6 Å². The van der Waals surface area contributed by atoms with E-state index in [-0.39, 0.29) is 37.0 Å². The van der Waals surface area contributed by atoms with Gasteiger partial charge in [-0.2, -0.15) is 0 Å². The molecule has 6 aliphatic heterocycles. The lowest BCUT2D eigenvalue weighted by atomic mass is 10.0. The van der Waals surface area contributed by atoms with Crippen molar-refractivity contribution in [3.05, 3.63) is 71.3 Å². The first-order valence-corrected chi connectivity index (χ1v) is 15.1. The van der Waals surface area contributed by atoms with E-state index in [0.29, 0.717) is 55.3 Å². The highest BCUT2D eigenvalue weighted by molar-refractivity contribution is 5.92. The van der Waals surface area contributed by atoms with Gasteiger partial charge in [-0.05, 0) is 41.8 Å². The SMILES string of the molecule is COc1cc2ccc1OCC(=O)N[C@@H]1CN(C(=O)c3cn4c(n3)CCNCC4)CC[C@H]1Oc1ccc(cc1)CNC(=O)CC2. The Labute approximate surface area is 256 Å². The molecular formula is C32H38N6O6. The highest BCUT2D eigenvalue weighted by Crippen LogP contribution is 2.29. The smallest absolute Gasteiger partial charge is 0.274 e. The maximum atomic E-state index is 13.6. The lowest BCUT2D eigenvalue weighted by Gasteiger charge is -2.38. The average molecular weight is 603 g/mol. The Hall–Kier alpha value is -4.58. The van der Waals surface area contributed by atoms with Crippen LogP contribution in [0.1, 0.15) is 40.3 Å². The molecule has 44 heavy (non-hydrogen) atoms. The van der Waals surface area contributed by atoms with Crippen molar-refractivity contribution >= 4 is 17.7 Å². The van der Waals surface area contributed by atoms with Crippen LogP contribution in [0.25, 0.3) is 0 Å². The van der Waals surface area contributed by atoms with Crippen molar-refractivity contribution in [2.24, 2.45) is 0 Å². The second-order valence-electron chi connectivity index (χ2n) is 11.3. The fourth-order valence-electron chi connectivity index (χ4n) is 5.82. The van der Waals surface area contributed by atoms with Crippen LogP contribution in [-0.4, -0.2) is 84.2 Å². The lowest BCUT2D eigenvalue weighted by Crippen LogP contribution is -2.58. The number of carbonyl (C=O) groups excluding carboxylic acids is 3. The topological polar surface area (TPSA) is 136 Å². The Morgan fingerprint density at radius 3 is 2.68 bits per heavy atom. The van der Waals surface area contributed by atoms with E-state index < -0.39 is 6.04 Å². The van der Waals surface area contributed by atoms with E-state index in [0.717, 1.165) is 43.0 Å². The third-order valence-corrected chi connectivity index (χ3v) is 8.24. The molecule has 1 aromatic heterocycles. The first kappa shape index (κ1) is 29.5. The number of piperidine rings is 1. The van der Waals surface area contributed by atoms with Crippen molar-refractivity contribution in [2.45, 2.75) is 50.9 Å². The number of amides is 3. The first-order chi connectivity index (χ1) is 21.4. The number of aryl methyl sites for hydroxylation is 1. The molecule has 0 aliphatic carbocycles. The van der Waals surface area contributed by atoms with E-state index >= 15 is 0 Å². The molecule has 3 N–H and O–H groups in total. The Morgan fingerprint density at radius 1 is 1.00 bits per heavy atom. The molecule has 3 aromatic rings. The number of rotatable bonds is 2. The van der Waals surface area contributed by atoms with E-state index in [1.54, 1.807) is 11.0 Å². The average Bonchev–Trinajstić information content (AvgIpc) is 3.32. The van der Waals surface area contributed by atoms with Crippen LogP contribution in [-0.2, 0) is 35.5 Å². The quantitative estimate of drug-likeness (QED) is 0.401. The lowest BCUT2D eigenvalue weighted by molar-refractivity contribution is -0.125. The van der Waals surface area contributed by atoms with E-state index in [1.165, 1.54) is 7.11 Å². The molecule has 0 unspecified atom stereocenters. The van der Waals surface area contributed by atoms with Gasteiger partial charge in [0, 0.05) is 64.7 Å². The van der Waals surface area contributed by atoms with Gasteiger partial charge in [-0.25, -0.2) is 4.98 Å². The molecule has 12 nitrogen and oxygen atoms in total. The number of aromatic nitrogens is 2. The first-order valence-electron chi connectivity index (χ1n) is 15.1. The van der Waals surface area contributed by atoms with Gasteiger partial charge in [-0.3, -0.25) is 14.4 Å². The monoisotopic (exact) mass is 602 g/mol. The number of fused-ring (bicyclic) bond motifs is 1. The fourth-order valence-corrected chi connectivity index (χ4v) is 5.82. The molecule has 9 rings (SSSR count). The Balaban J connectivity index is 1.21. The summed E-state index contributed by atoms with van der Waals surface area (Å²) in [6.45, 7) is 3.32. The molecule has 0 radical (unpaired) electrons. The molecule has 12 heteroatoms. The van der Waals surface area contributed by atoms with Gasteiger partial charge < -0.3 is 39.6 Å². The van der Waals surface area contributed by atoms with E-state index in [1.807, 2.05) is 47.2 Å². The Kier molecular flexibility index (Phi) is 8.96. The number of carbonyl (C=O) groups is 3. The molecule has 4 bridgehead atoms. The van der Waals surface area contributed by atoms with Crippen LogP contribution in [0.5, 0.6) is 17.2 Å². The number of imidazole rings is 1. The predicted molar refractivity (Wildman–Crippen MR) is 161 cm³/mol. The Bertz CT molecular complexity index is 1480.